The van der Waals surface area contributed by atoms with Gasteiger partial charge in [-0.15, -0.1) is 0 Å². The molecule has 0 spiro atoms. The maximum atomic E-state index is 13.5. The van der Waals surface area contributed by atoms with Crippen molar-refractivity contribution in [3.8, 4) is 0 Å². The van der Waals surface area contributed by atoms with Crippen molar-refractivity contribution >= 4 is 16.9 Å². The monoisotopic (exact) mass is 388 g/mol. The molecule has 2 heterocycles. The summed E-state index contributed by atoms with van der Waals surface area (Å²) in [6, 6.07) is 4.84. The molecule has 5 nitrogen and oxygen atoms in total. The maximum Gasteiger partial charge on any atom is 0.190 e. The number of fused-ring (bicyclic) bond motifs is 1. The molecule has 1 aliphatic heterocycles. The summed E-state index contributed by atoms with van der Waals surface area (Å²) < 4.78 is 19.6. The minimum Gasteiger partial charge on any atom is -0.377 e. The number of rotatable bonds is 5. The highest BCUT2D eigenvalue weighted by Gasteiger charge is 2.35. The van der Waals surface area contributed by atoms with Crippen molar-refractivity contribution in [2.45, 2.75) is 46.1 Å². The predicted octanol–water partition coefficient (Wildman–Crippen LogP) is 3.86. The Hall–Kier alpha value is -2.08. The molecular formula is C22H33FN4O. The fourth-order valence-electron chi connectivity index (χ4n) is 4.13. The van der Waals surface area contributed by atoms with E-state index in [1.807, 2.05) is 6.20 Å². The second-order valence-electron chi connectivity index (χ2n) is 8.69. The summed E-state index contributed by atoms with van der Waals surface area (Å²) in [6.45, 7) is 9.16. The lowest BCUT2D eigenvalue weighted by Crippen LogP contribution is -2.47. The van der Waals surface area contributed by atoms with Gasteiger partial charge in [-0.1, -0.05) is 20.8 Å². The van der Waals surface area contributed by atoms with Crippen LogP contribution in [-0.4, -0.2) is 43.8 Å². The molecule has 3 N–H and O–H groups in total. The van der Waals surface area contributed by atoms with Gasteiger partial charge in [0, 0.05) is 49.8 Å². The van der Waals surface area contributed by atoms with E-state index in [1.54, 1.807) is 19.2 Å². The summed E-state index contributed by atoms with van der Waals surface area (Å²) in [7, 11) is 1.79. The number of guanidine groups is 1. The Morgan fingerprint density at radius 1 is 1.32 bits per heavy atom. The molecule has 0 radical (unpaired) electrons. The average Bonchev–Trinajstić information content (AvgIpc) is 3.06. The standard InChI is InChI=1S/C22H33FN4O/c1-22(2,3)20-16(6-5-11-28-20)14-27-21(24-4)25-10-9-15-13-26-19-8-7-17(23)12-18(15)19/h7-8,12-13,16,20,26H,5-6,9-11,14H2,1-4H3,(H2,24,25,27). The zero-order valence-corrected chi connectivity index (χ0v) is 17.4. The molecule has 2 atom stereocenters. The van der Waals surface area contributed by atoms with Crippen LogP contribution in [0, 0.1) is 17.2 Å². The molecule has 1 aromatic heterocycles. The van der Waals surface area contributed by atoms with Crippen molar-refractivity contribution in [3.05, 3.63) is 35.8 Å². The van der Waals surface area contributed by atoms with E-state index in [2.05, 4.69) is 41.4 Å². The Balaban J connectivity index is 1.51. The number of halogens is 1. The van der Waals surface area contributed by atoms with Gasteiger partial charge >= 0.3 is 0 Å². The first-order chi connectivity index (χ1) is 13.4. The van der Waals surface area contributed by atoms with E-state index in [9.17, 15) is 4.39 Å². The summed E-state index contributed by atoms with van der Waals surface area (Å²) in [4.78, 5) is 7.54. The van der Waals surface area contributed by atoms with Crippen molar-refractivity contribution in [1.29, 1.82) is 0 Å². The second-order valence-corrected chi connectivity index (χ2v) is 8.69. The van der Waals surface area contributed by atoms with Crippen molar-refractivity contribution in [2.75, 3.05) is 26.7 Å². The van der Waals surface area contributed by atoms with E-state index in [-0.39, 0.29) is 17.3 Å². The summed E-state index contributed by atoms with van der Waals surface area (Å²) in [5.74, 6) is 1.06. The topological polar surface area (TPSA) is 61.4 Å². The van der Waals surface area contributed by atoms with Gasteiger partial charge in [-0.05, 0) is 48.4 Å². The molecule has 0 bridgehead atoms. The molecule has 1 aliphatic rings. The normalized spacial score (nSPS) is 21.1. The van der Waals surface area contributed by atoms with Crippen LogP contribution >= 0.6 is 0 Å². The number of hydrogen-bond acceptors (Lipinski definition) is 2. The Kier molecular flexibility index (Phi) is 6.60. The minimum absolute atomic E-state index is 0.133. The molecule has 3 rings (SSSR count). The van der Waals surface area contributed by atoms with Gasteiger partial charge in [0.15, 0.2) is 5.96 Å². The van der Waals surface area contributed by atoms with Gasteiger partial charge in [0.05, 0.1) is 6.10 Å². The zero-order chi connectivity index (χ0) is 20.1. The Morgan fingerprint density at radius 2 is 2.14 bits per heavy atom. The molecule has 2 unspecified atom stereocenters. The highest BCUT2D eigenvalue weighted by molar-refractivity contribution is 5.83. The third-order valence-corrected chi connectivity index (χ3v) is 5.47. The second kappa shape index (κ2) is 8.95. The highest BCUT2D eigenvalue weighted by atomic mass is 19.1. The number of nitrogens with zero attached hydrogens (tertiary/aromatic N) is 1. The lowest BCUT2D eigenvalue weighted by Gasteiger charge is -2.40. The summed E-state index contributed by atoms with van der Waals surface area (Å²) in [5.41, 5.74) is 2.20. The maximum absolute atomic E-state index is 13.5. The van der Waals surface area contributed by atoms with E-state index in [0.717, 1.165) is 55.0 Å². The number of hydrogen-bond donors (Lipinski definition) is 3. The van der Waals surface area contributed by atoms with Gasteiger partial charge in [-0.2, -0.15) is 0 Å². The Labute approximate surface area is 167 Å². The van der Waals surface area contributed by atoms with Gasteiger partial charge in [0.25, 0.3) is 0 Å². The Morgan fingerprint density at radius 3 is 2.89 bits per heavy atom. The first-order valence-corrected chi connectivity index (χ1v) is 10.2. The quantitative estimate of drug-likeness (QED) is 0.538. The van der Waals surface area contributed by atoms with Crippen LogP contribution in [0.2, 0.25) is 0 Å². The van der Waals surface area contributed by atoms with E-state index in [1.165, 1.54) is 12.5 Å². The van der Waals surface area contributed by atoms with Crippen molar-refractivity contribution in [1.82, 2.24) is 15.6 Å². The third kappa shape index (κ3) is 5.04. The molecule has 1 aromatic carbocycles. The molecule has 1 saturated heterocycles. The average molecular weight is 389 g/mol. The van der Waals surface area contributed by atoms with Crippen LogP contribution < -0.4 is 10.6 Å². The first kappa shape index (κ1) is 20.6. The molecule has 0 saturated carbocycles. The van der Waals surface area contributed by atoms with Crippen molar-refractivity contribution in [3.63, 3.8) is 0 Å². The highest BCUT2D eigenvalue weighted by Crippen LogP contribution is 2.33. The predicted molar refractivity (Wildman–Crippen MR) is 113 cm³/mol. The third-order valence-electron chi connectivity index (χ3n) is 5.47. The van der Waals surface area contributed by atoms with E-state index >= 15 is 0 Å². The number of aromatic nitrogens is 1. The summed E-state index contributed by atoms with van der Waals surface area (Å²) >= 11 is 0. The van der Waals surface area contributed by atoms with Crippen LogP contribution in [0.1, 0.15) is 39.2 Å². The molecule has 154 valence electrons. The van der Waals surface area contributed by atoms with Crippen molar-refractivity contribution in [2.24, 2.45) is 16.3 Å². The number of nitrogens with one attached hydrogen (secondary N) is 3. The number of aliphatic imine (C=N–C) groups is 1. The lowest BCUT2D eigenvalue weighted by atomic mass is 9.78. The minimum atomic E-state index is -0.207. The van der Waals surface area contributed by atoms with Crippen LogP contribution in [-0.2, 0) is 11.2 Å². The van der Waals surface area contributed by atoms with Gasteiger partial charge in [-0.25, -0.2) is 4.39 Å². The van der Waals surface area contributed by atoms with E-state index in [4.69, 9.17) is 4.74 Å². The molecule has 28 heavy (non-hydrogen) atoms. The van der Waals surface area contributed by atoms with Crippen LogP contribution in [0.4, 0.5) is 4.39 Å². The largest absolute Gasteiger partial charge is 0.377 e. The van der Waals surface area contributed by atoms with Gasteiger partial charge < -0.3 is 20.4 Å². The van der Waals surface area contributed by atoms with Crippen LogP contribution in [0.3, 0.4) is 0 Å². The van der Waals surface area contributed by atoms with Gasteiger partial charge in [0.1, 0.15) is 5.82 Å². The van der Waals surface area contributed by atoms with E-state index < -0.39 is 0 Å². The zero-order valence-electron chi connectivity index (χ0n) is 17.4. The number of benzene rings is 1. The van der Waals surface area contributed by atoms with Crippen LogP contribution in [0.15, 0.2) is 29.4 Å². The summed E-state index contributed by atoms with van der Waals surface area (Å²) in [5, 5.41) is 7.77. The first-order valence-electron chi connectivity index (χ1n) is 10.2. The molecule has 0 aliphatic carbocycles. The number of aromatic amines is 1. The van der Waals surface area contributed by atoms with Gasteiger partial charge in [-0.3, -0.25) is 4.99 Å². The smallest absolute Gasteiger partial charge is 0.190 e. The molecule has 2 aromatic rings. The number of H-pyrrole nitrogens is 1. The fraction of sp³-hybridized carbons (Fsp3) is 0.591. The SMILES string of the molecule is CN=C(NCCc1c[nH]c2ccc(F)cc12)NCC1CCCOC1C(C)(C)C. The van der Waals surface area contributed by atoms with Crippen LogP contribution in [0.5, 0.6) is 0 Å². The van der Waals surface area contributed by atoms with E-state index in [0.29, 0.717) is 5.92 Å². The van der Waals surface area contributed by atoms with Crippen molar-refractivity contribution < 1.29 is 9.13 Å². The Bertz CT molecular complexity index is 808. The molecule has 0 amide bonds. The number of ether oxygens (including phenoxy) is 1. The molecule has 6 heteroatoms. The lowest BCUT2D eigenvalue weighted by molar-refractivity contribution is -0.0835. The molecule has 1 fully saturated rings. The molecular weight excluding hydrogens is 355 g/mol. The summed E-state index contributed by atoms with van der Waals surface area (Å²) in [6.07, 6.45) is 5.29. The van der Waals surface area contributed by atoms with Gasteiger partial charge in [0.2, 0.25) is 0 Å². The fourth-order valence-corrected chi connectivity index (χ4v) is 4.13. The van der Waals surface area contributed by atoms with Crippen LogP contribution in [0.25, 0.3) is 10.9 Å².